The number of morpholine rings is 1. The maximum absolute atomic E-state index is 14.2. The lowest BCUT2D eigenvalue weighted by Gasteiger charge is -2.27. The van der Waals surface area contributed by atoms with Gasteiger partial charge in [-0.2, -0.15) is 19.5 Å². The van der Waals surface area contributed by atoms with Gasteiger partial charge in [0.15, 0.2) is 23.1 Å². The quantitative estimate of drug-likeness (QED) is 0.287. The van der Waals surface area contributed by atoms with E-state index in [2.05, 4.69) is 30.5 Å². The highest BCUT2D eigenvalue weighted by molar-refractivity contribution is 6.28. The van der Waals surface area contributed by atoms with E-state index in [0.717, 1.165) is 12.4 Å². The number of hydrazone groups is 1. The number of anilines is 2. The van der Waals surface area contributed by atoms with E-state index in [1.54, 1.807) is 30.0 Å². The van der Waals surface area contributed by atoms with Crippen molar-refractivity contribution in [2.24, 2.45) is 5.10 Å². The molecule has 3 heterocycles. The first-order chi connectivity index (χ1) is 16.5. The SMILES string of the molecule is CCOc1cc(/C=N/Nc2ncc(F)c(N3CCOCC3)n2)ccc1Oc1nc(Cl)ncc1F. The van der Waals surface area contributed by atoms with Crippen molar-refractivity contribution in [1.82, 2.24) is 19.9 Å². The van der Waals surface area contributed by atoms with Crippen LogP contribution in [0.15, 0.2) is 35.7 Å². The van der Waals surface area contributed by atoms with Crippen LogP contribution >= 0.6 is 11.6 Å². The van der Waals surface area contributed by atoms with Gasteiger partial charge in [-0.15, -0.1) is 0 Å². The fraction of sp³-hybridized carbons (Fsp3) is 0.286. The Kier molecular flexibility index (Phi) is 7.60. The Morgan fingerprint density at radius 1 is 1.15 bits per heavy atom. The van der Waals surface area contributed by atoms with Crippen molar-refractivity contribution in [3.05, 3.63) is 53.1 Å². The predicted octanol–water partition coefficient (Wildman–Crippen LogP) is 3.67. The molecule has 34 heavy (non-hydrogen) atoms. The first-order valence-corrected chi connectivity index (χ1v) is 10.7. The summed E-state index contributed by atoms with van der Waals surface area (Å²) in [7, 11) is 0. The van der Waals surface area contributed by atoms with Gasteiger partial charge in [0.25, 0.3) is 5.88 Å². The minimum absolute atomic E-state index is 0.139. The van der Waals surface area contributed by atoms with Gasteiger partial charge < -0.3 is 19.1 Å². The van der Waals surface area contributed by atoms with E-state index < -0.39 is 11.6 Å². The molecule has 1 aliphatic heterocycles. The summed E-state index contributed by atoms with van der Waals surface area (Å²) < 4.78 is 44.5. The zero-order valence-corrected chi connectivity index (χ0v) is 18.8. The summed E-state index contributed by atoms with van der Waals surface area (Å²) in [6, 6.07) is 4.90. The van der Waals surface area contributed by atoms with Crippen LogP contribution in [0.25, 0.3) is 0 Å². The van der Waals surface area contributed by atoms with Crippen LogP contribution < -0.4 is 19.8 Å². The second-order valence-electron chi connectivity index (χ2n) is 6.87. The number of nitrogens with one attached hydrogen (secondary N) is 1. The summed E-state index contributed by atoms with van der Waals surface area (Å²) in [5.74, 6) is -0.708. The molecule has 1 aromatic carbocycles. The van der Waals surface area contributed by atoms with Crippen LogP contribution in [-0.2, 0) is 4.74 Å². The Morgan fingerprint density at radius 3 is 2.74 bits per heavy atom. The van der Waals surface area contributed by atoms with Gasteiger partial charge in [-0.3, -0.25) is 0 Å². The normalized spacial score (nSPS) is 13.8. The molecule has 1 aliphatic rings. The lowest BCUT2D eigenvalue weighted by atomic mass is 10.2. The monoisotopic (exact) mass is 491 g/mol. The molecule has 0 amide bonds. The fourth-order valence-electron chi connectivity index (χ4n) is 3.04. The molecule has 1 N–H and O–H groups in total. The van der Waals surface area contributed by atoms with Crippen molar-refractivity contribution in [2.75, 3.05) is 43.2 Å². The van der Waals surface area contributed by atoms with Crippen LogP contribution in [0.1, 0.15) is 12.5 Å². The zero-order valence-electron chi connectivity index (χ0n) is 18.0. The topological polar surface area (TPSA) is 107 Å². The molecule has 178 valence electrons. The van der Waals surface area contributed by atoms with Gasteiger partial charge in [0.05, 0.1) is 38.4 Å². The molecule has 0 spiro atoms. The number of halogens is 3. The van der Waals surface area contributed by atoms with E-state index in [0.29, 0.717) is 44.2 Å². The van der Waals surface area contributed by atoms with E-state index in [1.807, 2.05) is 0 Å². The van der Waals surface area contributed by atoms with Crippen LogP contribution in [0.4, 0.5) is 20.5 Å². The molecule has 10 nitrogen and oxygen atoms in total. The molecule has 4 rings (SSSR count). The lowest BCUT2D eigenvalue weighted by molar-refractivity contribution is 0.122. The molecule has 1 fully saturated rings. The lowest BCUT2D eigenvalue weighted by Crippen LogP contribution is -2.37. The number of hydrogen-bond acceptors (Lipinski definition) is 10. The van der Waals surface area contributed by atoms with Crippen LogP contribution in [0.2, 0.25) is 5.28 Å². The molecule has 0 bridgehead atoms. The maximum atomic E-state index is 14.2. The van der Waals surface area contributed by atoms with Gasteiger partial charge in [0.1, 0.15) is 0 Å². The van der Waals surface area contributed by atoms with E-state index >= 15 is 0 Å². The minimum atomic E-state index is -0.766. The molecule has 0 unspecified atom stereocenters. The van der Waals surface area contributed by atoms with Gasteiger partial charge in [-0.05, 0) is 42.3 Å². The number of nitrogens with zero attached hydrogens (tertiary/aromatic N) is 6. The molecule has 0 radical (unpaired) electrons. The highest BCUT2D eigenvalue weighted by Crippen LogP contribution is 2.33. The Morgan fingerprint density at radius 2 is 1.94 bits per heavy atom. The highest BCUT2D eigenvalue weighted by atomic mass is 35.5. The standard InChI is InChI=1S/C21H20ClF2N7O3/c1-2-33-17-9-13(3-4-16(17)34-19-15(24)12-25-20(22)29-19)10-27-30-21-26-11-14(23)18(28-21)31-5-7-32-8-6-31/h3-4,9-12H,2,5-8H2,1H3,(H,26,28,30)/b27-10+. The van der Waals surface area contributed by atoms with Crippen LogP contribution in [0.5, 0.6) is 17.4 Å². The molecule has 2 aromatic heterocycles. The Bertz CT molecular complexity index is 1180. The average molecular weight is 492 g/mol. The predicted molar refractivity (Wildman–Crippen MR) is 121 cm³/mol. The van der Waals surface area contributed by atoms with Crippen molar-refractivity contribution in [3.8, 4) is 17.4 Å². The molecular weight excluding hydrogens is 472 g/mol. The van der Waals surface area contributed by atoms with E-state index in [-0.39, 0.29) is 28.7 Å². The third kappa shape index (κ3) is 5.83. The first kappa shape index (κ1) is 23.5. The van der Waals surface area contributed by atoms with Crippen LogP contribution in [0.3, 0.4) is 0 Å². The second kappa shape index (κ2) is 11.0. The molecule has 0 saturated carbocycles. The van der Waals surface area contributed by atoms with Crippen molar-refractivity contribution in [3.63, 3.8) is 0 Å². The summed E-state index contributed by atoms with van der Waals surface area (Å²) in [4.78, 5) is 17.2. The summed E-state index contributed by atoms with van der Waals surface area (Å²) in [6.45, 7) is 4.22. The highest BCUT2D eigenvalue weighted by Gasteiger charge is 2.18. The second-order valence-corrected chi connectivity index (χ2v) is 7.21. The third-order valence-corrected chi connectivity index (χ3v) is 4.75. The van der Waals surface area contributed by atoms with Crippen LogP contribution in [0, 0.1) is 11.6 Å². The van der Waals surface area contributed by atoms with E-state index in [9.17, 15) is 8.78 Å². The number of rotatable bonds is 8. The number of hydrogen-bond donors (Lipinski definition) is 1. The fourth-order valence-corrected chi connectivity index (χ4v) is 3.16. The molecule has 3 aromatic rings. The first-order valence-electron chi connectivity index (χ1n) is 10.3. The van der Waals surface area contributed by atoms with Crippen molar-refractivity contribution in [1.29, 1.82) is 0 Å². The molecular formula is C21H20ClF2N7O3. The summed E-state index contributed by atoms with van der Waals surface area (Å²) in [5, 5.41) is 3.96. The number of benzene rings is 1. The maximum Gasteiger partial charge on any atom is 0.260 e. The summed E-state index contributed by atoms with van der Waals surface area (Å²) in [5.41, 5.74) is 3.33. The van der Waals surface area contributed by atoms with Gasteiger partial charge in [-0.25, -0.2) is 19.8 Å². The van der Waals surface area contributed by atoms with Crippen molar-refractivity contribution in [2.45, 2.75) is 6.92 Å². The Balaban J connectivity index is 1.48. The summed E-state index contributed by atoms with van der Waals surface area (Å²) >= 11 is 5.72. The van der Waals surface area contributed by atoms with Gasteiger partial charge in [0, 0.05) is 13.1 Å². The van der Waals surface area contributed by atoms with Crippen molar-refractivity contribution < 1.29 is 23.0 Å². The van der Waals surface area contributed by atoms with E-state index in [4.69, 9.17) is 25.8 Å². The number of aromatic nitrogens is 4. The zero-order chi connectivity index (χ0) is 23.9. The van der Waals surface area contributed by atoms with Crippen molar-refractivity contribution >= 4 is 29.6 Å². The largest absolute Gasteiger partial charge is 0.490 e. The van der Waals surface area contributed by atoms with Gasteiger partial charge >= 0.3 is 0 Å². The summed E-state index contributed by atoms with van der Waals surface area (Å²) in [6.07, 6.45) is 3.50. The minimum Gasteiger partial charge on any atom is -0.490 e. The van der Waals surface area contributed by atoms with Crippen LogP contribution in [-0.4, -0.2) is 59.1 Å². The Labute approximate surface area is 198 Å². The average Bonchev–Trinajstić information content (AvgIpc) is 2.84. The van der Waals surface area contributed by atoms with E-state index in [1.165, 1.54) is 6.21 Å². The smallest absolute Gasteiger partial charge is 0.260 e. The molecule has 13 heteroatoms. The van der Waals surface area contributed by atoms with Gasteiger partial charge in [-0.1, -0.05) is 0 Å². The van der Waals surface area contributed by atoms with Gasteiger partial charge in [0.2, 0.25) is 17.0 Å². The number of ether oxygens (including phenoxy) is 3. The molecule has 0 atom stereocenters. The molecule has 0 aliphatic carbocycles. The third-order valence-electron chi connectivity index (χ3n) is 4.57. The molecule has 1 saturated heterocycles. The Hall–Kier alpha value is -3.64.